The van der Waals surface area contributed by atoms with Gasteiger partial charge in [-0.2, -0.15) is 0 Å². The summed E-state index contributed by atoms with van der Waals surface area (Å²) in [5, 5.41) is 25.3. The molecule has 4 aliphatic heterocycles. The van der Waals surface area contributed by atoms with Gasteiger partial charge in [-0.15, -0.1) is 0 Å². The molecule has 7 rings (SSSR count). The predicted molar refractivity (Wildman–Crippen MR) is 190 cm³/mol. The first-order valence-corrected chi connectivity index (χ1v) is 20.3. The lowest BCUT2D eigenvalue weighted by molar-refractivity contribution is -0.385. The second-order valence-electron chi connectivity index (χ2n) is 14.5. The zero-order valence-corrected chi connectivity index (χ0v) is 29.9. The van der Waals surface area contributed by atoms with E-state index in [4.69, 9.17) is 4.74 Å². The number of nitro benzene ring substituents is 1. The minimum atomic E-state index is -3.65. The lowest BCUT2D eigenvalue weighted by atomic mass is 9.82. The minimum Gasteiger partial charge on any atom is -0.394 e. The summed E-state index contributed by atoms with van der Waals surface area (Å²) in [6.07, 6.45) is -0.728. The molecule has 4 heterocycles. The number of ether oxygens (including phenoxy) is 1. The van der Waals surface area contributed by atoms with Gasteiger partial charge in [-0.3, -0.25) is 24.5 Å². The molecule has 14 heteroatoms. The molecule has 3 amide bonds. The summed E-state index contributed by atoms with van der Waals surface area (Å²) >= 11 is 0. The molecular weight excluding hydrogens is 674 g/mol. The molecule has 12 nitrogen and oxygen atoms in total. The summed E-state index contributed by atoms with van der Waals surface area (Å²) in [6.45, 7) is 6.32. The van der Waals surface area contributed by atoms with E-state index >= 15 is 4.11 Å². The van der Waals surface area contributed by atoms with Crippen LogP contribution >= 0.6 is 0 Å². The van der Waals surface area contributed by atoms with Crippen LogP contribution < -0.4 is 15.1 Å². The van der Waals surface area contributed by atoms with Gasteiger partial charge in [0.25, 0.3) is 11.6 Å². The zero-order valence-electron chi connectivity index (χ0n) is 28.9. The zero-order chi connectivity index (χ0) is 36.2. The number of nitro groups is 1. The number of aliphatic hydroxyl groups is 1. The molecule has 2 N–H and O–H groups in total. The highest BCUT2D eigenvalue weighted by Gasteiger charge is 2.67. The fourth-order valence-electron chi connectivity index (χ4n) is 8.72. The van der Waals surface area contributed by atoms with E-state index in [0.717, 1.165) is 16.7 Å². The monoisotopic (exact) mass is 715 g/mol. The Kier molecular flexibility index (Phi) is 9.06. The Morgan fingerprint density at radius 3 is 2.59 bits per heavy atom. The van der Waals surface area contributed by atoms with Crippen LogP contribution in [0.4, 0.5) is 21.2 Å². The van der Waals surface area contributed by atoms with Gasteiger partial charge in [-0.05, 0) is 54.4 Å². The van der Waals surface area contributed by atoms with Gasteiger partial charge in [0.15, 0.2) is 5.60 Å². The first-order valence-electron chi connectivity index (χ1n) is 17.4. The van der Waals surface area contributed by atoms with Crippen LogP contribution in [0.1, 0.15) is 35.6 Å². The van der Waals surface area contributed by atoms with Crippen molar-refractivity contribution in [3.63, 3.8) is 0 Å². The maximum Gasteiger partial charge on any atom is 0.269 e. The van der Waals surface area contributed by atoms with Crippen LogP contribution in [0.25, 0.3) is 0 Å². The van der Waals surface area contributed by atoms with Crippen LogP contribution in [0.15, 0.2) is 66.7 Å². The van der Waals surface area contributed by atoms with Gasteiger partial charge in [0.05, 0.1) is 48.9 Å². The van der Waals surface area contributed by atoms with Gasteiger partial charge in [-0.1, -0.05) is 43.3 Å². The molecule has 2 fully saturated rings. The number of carbonyl (C=O) groups is 3. The molecule has 3 aromatic carbocycles. The second kappa shape index (κ2) is 13.2. The smallest absolute Gasteiger partial charge is 0.269 e. The number of non-ortho nitro benzene ring substituents is 1. The lowest BCUT2D eigenvalue weighted by Gasteiger charge is -2.37. The third kappa shape index (κ3) is 6.03. The largest absolute Gasteiger partial charge is 0.394 e. The SMILES string of the molecule is C[C@H]1[C@H]([Si](C)(C)F)[C@@H](CC(=O)N2Cc3ccccc3C[C@H]2CO)O[C@]12C(=O)N(Cc1cccc(N3CCNCC3=O)c1)c1ccc([N+](=O)[O-])cc12. The van der Waals surface area contributed by atoms with Crippen molar-refractivity contribution in [1.29, 1.82) is 0 Å². The summed E-state index contributed by atoms with van der Waals surface area (Å²) in [6, 6.07) is 18.8. The van der Waals surface area contributed by atoms with E-state index in [2.05, 4.69) is 5.32 Å². The second-order valence-corrected chi connectivity index (χ2v) is 18.3. The Labute approximate surface area is 296 Å². The molecule has 0 bridgehead atoms. The number of aliphatic hydroxyl groups excluding tert-OH is 1. The number of hydrogen-bond acceptors (Lipinski definition) is 8. The molecule has 3 aromatic rings. The van der Waals surface area contributed by atoms with Gasteiger partial charge in [0, 0.05) is 54.5 Å². The fourth-order valence-corrected chi connectivity index (χ4v) is 11.2. The maximum atomic E-state index is 16.5. The van der Waals surface area contributed by atoms with E-state index in [1.165, 1.54) is 36.2 Å². The summed E-state index contributed by atoms with van der Waals surface area (Å²) in [5.41, 5.74) is 1.33. The van der Waals surface area contributed by atoms with Gasteiger partial charge >= 0.3 is 0 Å². The van der Waals surface area contributed by atoms with Gasteiger partial charge < -0.3 is 34.0 Å². The van der Waals surface area contributed by atoms with Gasteiger partial charge in [0.1, 0.15) is 0 Å². The van der Waals surface area contributed by atoms with Crippen molar-refractivity contribution in [2.45, 2.75) is 69.2 Å². The topological polar surface area (TPSA) is 146 Å². The number of halogens is 1. The third-order valence-corrected chi connectivity index (χ3v) is 13.5. The number of amides is 3. The molecule has 2 saturated heterocycles. The molecule has 1 spiro atoms. The highest BCUT2D eigenvalue weighted by atomic mass is 28.4. The first-order chi connectivity index (χ1) is 24.3. The lowest BCUT2D eigenvalue weighted by Crippen LogP contribution is -2.48. The standard InChI is InChI=1S/C37H42FN5O7Si/c1-23-35(51(2,3)38)32(18-33(45)41-21-26-9-5-4-8-25(26)16-29(41)22-44)50-37(23)30-17-28(43(48)49)11-12-31(30)42(36(37)47)20-24-7-6-10-27(15-24)40-14-13-39-19-34(40)46/h4-12,15,17,23,29,32,35,39,44H,13-14,16,18-22H2,1-3H3/t23-,29-,32+,35-,37+/m0/s1. The first kappa shape index (κ1) is 34.9. The van der Waals surface area contributed by atoms with E-state index < -0.39 is 48.4 Å². The molecule has 0 aliphatic carbocycles. The number of benzene rings is 3. The average molecular weight is 716 g/mol. The summed E-state index contributed by atoms with van der Waals surface area (Å²) in [7, 11) is -3.65. The number of rotatable bonds is 8. The molecule has 268 valence electrons. The Balaban J connectivity index is 1.24. The van der Waals surface area contributed by atoms with Gasteiger partial charge in [-0.25, -0.2) is 0 Å². The van der Waals surface area contributed by atoms with Crippen LogP contribution in [-0.2, 0) is 44.2 Å². The third-order valence-electron chi connectivity index (χ3n) is 11.1. The Bertz CT molecular complexity index is 1900. The van der Waals surface area contributed by atoms with Crippen molar-refractivity contribution < 1.29 is 33.3 Å². The van der Waals surface area contributed by atoms with E-state index in [1.807, 2.05) is 48.5 Å². The Morgan fingerprint density at radius 1 is 1.12 bits per heavy atom. The molecule has 0 radical (unpaired) electrons. The number of fused-ring (bicyclic) bond motifs is 3. The summed E-state index contributed by atoms with van der Waals surface area (Å²) in [5.74, 6) is -1.63. The predicted octanol–water partition coefficient (Wildman–Crippen LogP) is 4.19. The average Bonchev–Trinajstić information content (AvgIpc) is 3.53. The van der Waals surface area contributed by atoms with E-state index in [9.17, 15) is 29.6 Å². The Hall–Kier alpha value is -4.50. The normalized spacial score (nSPS) is 26.1. The maximum absolute atomic E-state index is 16.5. The highest BCUT2D eigenvalue weighted by Crippen LogP contribution is 2.60. The van der Waals surface area contributed by atoms with Crippen LogP contribution in [0, 0.1) is 16.0 Å². The van der Waals surface area contributed by atoms with E-state index in [-0.39, 0.29) is 55.7 Å². The quantitative estimate of drug-likeness (QED) is 0.153. The molecule has 0 aromatic heterocycles. The van der Waals surface area contributed by atoms with E-state index in [1.54, 1.807) is 16.7 Å². The molecule has 5 atom stereocenters. The molecule has 0 saturated carbocycles. The van der Waals surface area contributed by atoms with Crippen molar-refractivity contribution in [1.82, 2.24) is 10.2 Å². The molecule has 0 unspecified atom stereocenters. The number of nitrogens with one attached hydrogen (secondary N) is 1. The van der Waals surface area contributed by atoms with Crippen molar-refractivity contribution in [2.24, 2.45) is 5.92 Å². The van der Waals surface area contributed by atoms with E-state index in [0.29, 0.717) is 30.9 Å². The molecule has 4 aliphatic rings. The minimum absolute atomic E-state index is 0.0656. The highest BCUT2D eigenvalue weighted by molar-refractivity contribution is 6.72. The van der Waals surface area contributed by atoms with Crippen LogP contribution in [-0.4, -0.2) is 79.4 Å². The Morgan fingerprint density at radius 2 is 1.88 bits per heavy atom. The summed E-state index contributed by atoms with van der Waals surface area (Å²) < 4.78 is 23.2. The van der Waals surface area contributed by atoms with Crippen LogP contribution in [0.2, 0.25) is 18.6 Å². The number of nitrogens with zero attached hydrogens (tertiary/aromatic N) is 4. The molecule has 51 heavy (non-hydrogen) atoms. The van der Waals surface area contributed by atoms with Crippen LogP contribution in [0.5, 0.6) is 0 Å². The number of hydrogen-bond donors (Lipinski definition) is 2. The van der Waals surface area contributed by atoms with Crippen LogP contribution in [0.3, 0.4) is 0 Å². The van der Waals surface area contributed by atoms with Crippen molar-refractivity contribution in [3.8, 4) is 0 Å². The number of carbonyl (C=O) groups excluding carboxylic acids is 3. The van der Waals surface area contributed by atoms with Crippen molar-refractivity contribution >= 4 is 43.2 Å². The number of anilines is 2. The van der Waals surface area contributed by atoms with Crippen molar-refractivity contribution in [3.05, 3.63) is 99.1 Å². The fraction of sp³-hybridized carbons (Fsp3) is 0.432. The molecular formula is C37H42FN5O7Si. The van der Waals surface area contributed by atoms with Gasteiger partial charge in [0.2, 0.25) is 20.2 Å². The summed E-state index contributed by atoms with van der Waals surface area (Å²) in [4.78, 5) is 57.9. The van der Waals surface area contributed by atoms with Crippen molar-refractivity contribution in [2.75, 3.05) is 36.0 Å². The number of piperazine rings is 1.